The molecule has 0 radical (unpaired) electrons. The van der Waals surface area contributed by atoms with E-state index >= 15 is 0 Å². The molecule has 2 aromatic carbocycles. The van der Waals surface area contributed by atoms with Crippen molar-refractivity contribution >= 4 is 29.1 Å². The summed E-state index contributed by atoms with van der Waals surface area (Å²) >= 11 is 6.34. The van der Waals surface area contributed by atoms with Gasteiger partial charge in [-0.1, -0.05) is 23.7 Å². The van der Waals surface area contributed by atoms with E-state index in [0.717, 1.165) is 37.1 Å². The van der Waals surface area contributed by atoms with Crippen LogP contribution in [0.3, 0.4) is 0 Å². The molecule has 2 aromatic rings. The van der Waals surface area contributed by atoms with Crippen LogP contribution in [0.15, 0.2) is 42.5 Å². The molecule has 5 nitrogen and oxygen atoms in total. The van der Waals surface area contributed by atoms with Crippen molar-refractivity contribution in [3.8, 4) is 5.75 Å². The van der Waals surface area contributed by atoms with Gasteiger partial charge in [-0.3, -0.25) is 9.59 Å². The molecule has 1 unspecified atom stereocenters. The molecule has 2 saturated heterocycles. The van der Waals surface area contributed by atoms with Crippen LogP contribution in [-0.2, 0) is 4.79 Å². The Morgan fingerprint density at radius 1 is 1.14 bits per heavy atom. The van der Waals surface area contributed by atoms with Crippen LogP contribution < -0.4 is 9.64 Å². The maximum absolute atomic E-state index is 13.3. The Bertz CT molecular complexity index is 913. The third-order valence-corrected chi connectivity index (χ3v) is 5.97. The highest BCUT2D eigenvalue weighted by Gasteiger charge is 2.31. The first-order valence-electron chi connectivity index (χ1n) is 10.2. The number of hydrogen-bond acceptors (Lipinski definition) is 3. The van der Waals surface area contributed by atoms with E-state index in [1.807, 2.05) is 36.1 Å². The lowest BCUT2D eigenvalue weighted by Crippen LogP contribution is -2.31. The first kappa shape index (κ1) is 19.8. The largest absolute Gasteiger partial charge is 0.494 e. The van der Waals surface area contributed by atoms with E-state index < -0.39 is 0 Å². The van der Waals surface area contributed by atoms with Crippen molar-refractivity contribution in [2.45, 2.75) is 38.6 Å². The number of rotatable bonds is 5. The number of anilines is 1. The molecule has 0 bridgehead atoms. The number of nitrogens with zero attached hydrogens (tertiary/aromatic N) is 2. The Morgan fingerprint density at radius 2 is 1.93 bits per heavy atom. The molecule has 2 heterocycles. The van der Waals surface area contributed by atoms with Crippen LogP contribution in [0.25, 0.3) is 0 Å². The van der Waals surface area contributed by atoms with Crippen molar-refractivity contribution in [1.82, 2.24) is 4.90 Å². The minimum Gasteiger partial charge on any atom is -0.494 e. The number of carbonyl (C=O) groups is 2. The lowest BCUT2D eigenvalue weighted by molar-refractivity contribution is -0.117. The Hall–Kier alpha value is -2.53. The fourth-order valence-electron chi connectivity index (χ4n) is 4.23. The molecule has 0 saturated carbocycles. The second-order valence-electron chi connectivity index (χ2n) is 7.47. The van der Waals surface area contributed by atoms with Crippen molar-refractivity contribution in [3.63, 3.8) is 0 Å². The fourth-order valence-corrected chi connectivity index (χ4v) is 4.45. The molecule has 29 heavy (non-hydrogen) atoms. The van der Waals surface area contributed by atoms with Gasteiger partial charge in [0.2, 0.25) is 5.91 Å². The number of halogens is 1. The zero-order chi connectivity index (χ0) is 20.4. The molecular formula is C23H25ClN2O3. The quantitative estimate of drug-likeness (QED) is 0.705. The molecule has 2 fully saturated rings. The lowest BCUT2D eigenvalue weighted by atomic mass is 10.0. The molecule has 0 spiro atoms. The average molecular weight is 413 g/mol. The van der Waals surface area contributed by atoms with Gasteiger partial charge in [0, 0.05) is 25.1 Å². The van der Waals surface area contributed by atoms with E-state index in [2.05, 4.69) is 0 Å². The van der Waals surface area contributed by atoms with Crippen LogP contribution >= 0.6 is 11.6 Å². The third kappa shape index (κ3) is 3.97. The fraction of sp³-hybridized carbons (Fsp3) is 0.391. The van der Waals surface area contributed by atoms with Crippen molar-refractivity contribution in [2.24, 2.45) is 0 Å². The predicted molar refractivity (Wildman–Crippen MR) is 114 cm³/mol. The van der Waals surface area contributed by atoms with Crippen LogP contribution in [0.2, 0.25) is 5.02 Å². The highest BCUT2D eigenvalue weighted by atomic mass is 35.5. The number of likely N-dealkylation sites (tertiary alicyclic amines) is 1. The van der Waals surface area contributed by atoms with Crippen molar-refractivity contribution in [1.29, 1.82) is 0 Å². The maximum Gasteiger partial charge on any atom is 0.254 e. The van der Waals surface area contributed by atoms with Crippen molar-refractivity contribution in [3.05, 3.63) is 58.6 Å². The van der Waals surface area contributed by atoms with Gasteiger partial charge < -0.3 is 14.5 Å². The average Bonchev–Trinajstić information content (AvgIpc) is 3.38. The maximum atomic E-state index is 13.3. The Labute approximate surface area is 176 Å². The molecule has 4 rings (SSSR count). The molecule has 0 aromatic heterocycles. The monoisotopic (exact) mass is 412 g/mol. The smallest absolute Gasteiger partial charge is 0.254 e. The molecule has 6 heteroatoms. The third-order valence-electron chi connectivity index (χ3n) is 5.65. The van der Waals surface area contributed by atoms with Gasteiger partial charge in [-0.05, 0) is 62.1 Å². The Kier molecular flexibility index (Phi) is 5.76. The zero-order valence-electron chi connectivity index (χ0n) is 16.6. The van der Waals surface area contributed by atoms with E-state index in [1.165, 1.54) is 0 Å². The summed E-state index contributed by atoms with van der Waals surface area (Å²) in [6.07, 6.45) is 3.25. The molecule has 1 atom stereocenters. The molecule has 2 aliphatic heterocycles. The normalized spacial score (nSPS) is 19.1. The molecular weight excluding hydrogens is 388 g/mol. The van der Waals surface area contributed by atoms with Crippen LogP contribution in [-0.4, -0.2) is 36.4 Å². The van der Waals surface area contributed by atoms with Gasteiger partial charge in [-0.25, -0.2) is 0 Å². The zero-order valence-corrected chi connectivity index (χ0v) is 17.3. The summed E-state index contributed by atoms with van der Waals surface area (Å²) in [7, 11) is 0. The van der Waals surface area contributed by atoms with E-state index in [4.69, 9.17) is 16.3 Å². The van der Waals surface area contributed by atoms with Gasteiger partial charge in [-0.2, -0.15) is 0 Å². The highest BCUT2D eigenvalue weighted by molar-refractivity contribution is 6.34. The van der Waals surface area contributed by atoms with E-state index in [0.29, 0.717) is 35.8 Å². The minimum absolute atomic E-state index is 0.0223. The highest BCUT2D eigenvalue weighted by Crippen LogP contribution is 2.36. The first-order chi connectivity index (χ1) is 14.1. The van der Waals surface area contributed by atoms with E-state index in [-0.39, 0.29) is 17.9 Å². The molecule has 0 aliphatic carbocycles. The molecule has 2 amide bonds. The molecule has 152 valence electrons. The van der Waals surface area contributed by atoms with Gasteiger partial charge in [0.15, 0.2) is 0 Å². The van der Waals surface area contributed by atoms with Gasteiger partial charge in [0.05, 0.1) is 23.4 Å². The number of carbonyl (C=O) groups excluding carboxylic acids is 2. The van der Waals surface area contributed by atoms with Gasteiger partial charge in [-0.15, -0.1) is 0 Å². The molecule has 2 aliphatic rings. The van der Waals surface area contributed by atoms with Gasteiger partial charge in [0.1, 0.15) is 5.75 Å². The van der Waals surface area contributed by atoms with Gasteiger partial charge >= 0.3 is 0 Å². The summed E-state index contributed by atoms with van der Waals surface area (Å²) in [6.45, 7) is 3.96. The number of ether oxygens (including phenoxy) is 1. The van der Waals surface area contributed by atoms with Crippen LogP contribution in [0, 0.1) is 0 Å². The van der Waals surface area contributed by atoms with Crippen LogP contribution in [0.5, 0.6) is 5.75 Å². The predicted octanol–water partition coefficient (Wildman–Crippen LogP) is 4.84. The van der Waals surface area contributed by atoms with Crippen LogP contribution in [0.4, 0.5) is 5.69 Å². The minimum atomic E-state index is -0.0223. The number of hydrogen-bond donors (Lipinski definition) is 0. The summed E-state index contributed by atoms with van der Waals surface area (Å²) in [4.78, 5) is 29.1. The van der Waals surface area contributed by atoms with Crippen LogP contribution in [0.1, 0.15) is 54.6 Å². The van der Waals surface area contributed by atoms with E-state index in [1.54, 1.807) is 23.1 Å². The van der Waals surface area contributed by atoms with Gasteiger partial charge in [0.25, 0.3) is 5.91 Å². The standard InChI is InChI=1S/C23H25ClN2O3/c1-2-29-18-10-7-16(8-11-18)20-5-3-14-26(20)23(28)17-9-12-19(24)21(15-17)25-13-4-6-22(25)27/h7-12,15,20H,2-6,13-14H2,1H3. The molecule has 0 N–H and O–H groups in total. The van der Waals surface area contributed by atoms with Crippen molar-refractivity contribution in [2.75, 3.05) is 24.6 Å². The van der Waals surface area contributed by atoms with Crippen molar-refractivity contribution < 1.29 is 14.3 Å². The topological polar surface area (TPSA) is 49.9 Å². The Balaban J connectivity index is 1.57. The summed E-state index contributed by atoms with van der Waals surface area (Å²) < 4.78 is 5.52. The SMILES string of the molecule is CCOc1ccc(C2CCCN2C(=O)c2ccc(Cl)c(N3CCCC3=O)c2)cc1. The summed E-state index contributed by atoms with van der Waals surface area (Å²) in [5.74, 6) is 0.876. The van der Waals surface area contributed by atoms with E-state index in [9.17, 15) is 9.59 Å². The second kappa shape index (κ2) is 8.46. The lowest BCUT2D eigenvalue weighted by Gasteiger charge is -2.26. The Morgan fingerprint density at radius 3 is 2.62 bits per heavy atom. The summed E-state index contributed by atoms with van der Waals surface area (Å²) in [5.41, 5.74) is 2.32. The number of amides is 2. The number of benzene rings is 2. The first-order valence-corrected chi connectivity index (χ1v) is 10.6. The summed E-state index contributed by atoms with van der Waals surface area (Å²) in [6, 6.07) is 13.3. The summed E-state index contributed by atoms with van der Waals surface area (Å²) in [5, 5.41) is 0.501. The second-order valence-corrected chi connectivity index (χ2v) is 7.88.